The van der Waals surface area contributed by atoms with E-state index in [0.717, 1.165) is 16.8 Å². The second kappa shape index (κ2) is 8.15. The number of ether oxygens (including phenoxy) is 1. The highest BCUT2D eigenvalue weighted by molar-refractivity contribution is 5.95. The number of aryl methyl sites for hydroxylation is 1. The van der Waals surface area contributed by atoms with Crippen molar-refractivity contribution in [3.63, 3.8) is 0 Å². The number of primary amides is 1. The Kier molecular flexibility index (Phi) is 5.95. The molecular weight excluding hydrogens is 304 g/mol. The van der Waals surface area contributed by atoms with Crippen LogP contribution in [-0.2, 0) is 16.0 Å². The smallest absolute Gasteiger partial charge is 0.231 e. The van der Waals surface area contributed by atoms with Crippen molar-refractivity contribution < 1.29 is 14.3 Å². The van der Waals surface area contributed by atoms with Crippen molar-refractivity contribution in [1.29, 1.82) is 0 Å². The Hall–Kier alpha value is -2.82. The van der Waals surface area contributed by atoms with Crippen LogP contribution in [0.2, 0.25) is 0 Å². The largest absolute Gasteiger partial charge is 0.497 e. The summed E-state index contributed by atoms with van der Waals surface area (Å²) in [4.78, 5) is 25.5. The van der Waals surface area contributed by atoms with Gasteiger partial charge in [-0.2, -0.15) is 0 Å². The normalized spacial score (nSPS) is 10.2. The third-order valence-electron chi connectivity index (χ3n) is 3.87. The standard InChI is InChI=1S/C19H22N2O3/c1-14-5-3-4-6-15(14)13-19(23)21(12-11-18(20)22)16-7-9-17(24-2)10-8-16/h3-10H,11-13H2,1-2H3,(H2,20,22). The lowest BCUT2D eigenvalue weighted by molar-refractivity contribution is -0.118. The molecule has 2 N–H and O–H groups in total. The van der Waals surface area contributed by atoms with Gasteiger partial charge < -0.3 is 15.4 Å². The number of hydrogen-bond acceptors (Lipinski definition) is 3. The lowest BCUT2D eigenvalue weighted by Crippen LogP contribution is -2.35. The van der Waals surface area contributed by atoms with E-state index in [1.54, 1.807) is 36.3 Å². The molecule has 0 atom stereocenters. The number of nitrogens with two attached hydrogens (primary N) is 1. The average Bonchev–Trinajstić information content (AvgIpc) is 2.57. The summed E-state index contributed by atoms with van der Waals surface area (Å²) in [5.41, 5.74) is 8.00. The average molecular weight is 326 g/mol. The van der Waals surface area contributed by atoms with Crippen LogP contribution in [0.4, 0.5) is 5.69 Å². The van der Waals surface area contributed by atoms with Gasteiger partial charge in [0.1, 0.15) is 5.75 Å². The minimum absolute atomic E-state index is 0.0734. The Labute approximate surface area is 142 Å². The molecule has 2 rings (SSSR count). The molecule has 0 aliphatic carbocycles. The molecule has 24 heavy (non-hydrogen) atoms. The van der Waals surface area contributed by atoms with Gasteiger partial charge in [0, 0.05) is 18.7 Å². The number of carbonyl (C=O) groups excluding carboxylic acids is 2. The zero-order chi connectivity index (χ0) is 17.5. The van der Waals surface area contributed by atoms with E-state index in [0.29, 0.717) is 5.75 Å². The minimum Gasteiger partial charge on any atom is -0.497 e. The van der Waals surface area contributed by atoms with E-state index in [1.165, 1.54) is 0 Å². The zero-order valence-corrected chi connectivity index (χ0v) is 14.0. The van der Waals surface area contributed by atoms with Gasteiger partial charge in [0.2, 0.25) is 11.8 Å². The van der Waals surface area contributed by atoms with E-state index >= 15 is 0 Å². The molecule has 0 saturated carbocycles. The first-order chi connectivity index (χ1) is 11.5. The first-order valence-corrected chi connectivity index (χ1v) is 7.78. The number of carbonyl (C=O) groups is 2. The molecule has 2 amide bonds. The Morgan fingerprint density at radius 2 is 1.75 bits per heavy atom. The third-order valence-corrected chi connectivity index (χ3v) is 3.87. The van der Waals surface area contributed by atoms with E-state index in [9.17, 15) is 9.59 Å². The second-order valence-corrected chi connectivity index (χ2v) is 5.56. The van der Waals surface area contributed by atoms with Crippen LogP contribution in [-0.4, -0.2) is 25.5 Å². The van der Waals surface area contributed by atoms with Gasteiger partial charge in [-0.3, -0.25) is 9.59 Å². The highest BCUT2D eigenvalue weighted by atomic mass is 16.5. The van der Waals surface area contributed by atoms with Gasteiger partial charge in [0.15, 0.2) is 0 Å². The van der Waals surface area contributed by atoms with E-state index in [4.69, 9.17) is 10.5 Å². The quantitative estimate of drug-likeness (QED) is 0.849. The van der Waals surface area contributed by atoms with E-state index < -0.39 is 5.91 Å². The summed E-state index contributed by atoms with van der Waals surface area (Å²) >= 11 is 0. The van der Waals surface area contributed by atoms with Crippen molar-refractivity contribution in [3.8, 4) is 5.75 Å². The van der Waals surface area contributed by atoms with Crippen LogP contribution in [0.5, 0.6) is 5.75 Å². The number of methoxy groups -OCH3 is 1. The zero-order valence-electron chi connectivity index (χ0n) is 14.0. The maximum absolute atomic E-state index is 12.8. The topological polar surface area (TPSA) is 72.6 Å². The van der Waals surface area contributed by atoms with E-state index in [-0.39, 0.29) is 25.3 Å². The van der Waals surface area contributed by atoms with Crippen molar-refractivity contribution >= 4 is 17.5 Å². The fourth-order valence-corrected chi connectivity index (χ4v) is 2.45. The third kappa shape index (κ3) is 4.59. The molecule has 5 heteroatoms. The summed E-state index contributed by atoms with van der Waals surface area (Å²) in [5, 5.41) is 0. The molecule has 0 bridgehead atoms. The molecule has 2 aromatic rings. The molecule has 0 radical (unpaired) electrons. The maximum Gasteiger partial charge on any atom is 0.231 e. The molecule has 0 fully saturated rings. The summed E-state index contributed by atoms with van der Waals surface area (Å²) in [7, 11) is 1.59. The Morgan fingerprint density at radius 3 is 2.33 bits per heavy atom. The van der Waals surface area contributed by atoms with Gasteiger partial charge in [-0.1, -0.05) is 24.3 Å². The predicted octanol–water partition coefficient (Wildman–Crippen LogP) is 2.45. The van der Waals surface area contributed by atoms with Crippen molar-refractivity contribution in [1.82, 2.24) is 0 Å². The molecule has 0 spiro atoms. The lowest BCUT2D eigenvalue weighted by atomic mass is 10.0. The van der Waals surface area contributed by atoms with E-state index in [1.807, 2.05) is 31.2 Å². The fourth-order valence-electron chi connectivity index (χ4n) is 2.45. The number of amides is 2. The van der Waals surface area contributed by atoms with E-state index in [2.05, 4.69) is 0 Å². The van der Waals surface area contributed by atoms with Gasteiger partial charge in [0.05, 0.1) is 13.5 Å². The molecule has 0 unspecified atom stereocenters. The number of benzene rings is 2. The summed E-state index contributed by atoms with van der Waals surface area (Å²) < 4.78 is 5.14. The van der Waals surface area contributed by atoms with Crippen LogP contribution in [0.25, 0.3) is 0 Å². The minimum atomic E-state index is -0.433. The Balaban J connectivity index is 2.22. The van der Waals surface area contributed by atoms with Crippen molar-refractivity contribution in [2.45, 2.75) is 19.8 Å². The first kappa shape index (κ1) is 17.5. The van der Waals surface area contributed by atoms with Crippen LogP contribution in [0, 0.1) is 6.92 Å². The van der Waals surface area contributed by atoms with Crippen molar-refractivity contribution in [2.24, 2.45) is 5.73 Å². The van der Waals surface area contributed by atoms with Crippen LogP contribution < -0.4 is 15.4 Å². The monoisotopic (exact) mass is 326 g/mol. The summed E-state index contributed by atoms with van der Waals surface area (Å²) in [6, 6.07) is 14.9. The van der Waals surface area contributed by atoms with Crippen LogP contribution in [0.1, 0.15) is 17.5 Å². The molecule has 0 heterocycles. The molecule has 126 valence electrons. The first-order valence-electron chi connectivity index (χ1n) is 7.78. The van der Waals surface area contributed by atoms with Gasteiger partial charge in [-0.15, -0.1) is 0 Å². The summed E-state index contributed by atoms with van der Waals surface area (Å²) in [6.45, 7) is 2.23. The summed E-state index contributed by atoms with van der Waals surface area (Å²) in [5.74, 6) is 0.202. The van der Waals surface area contributed by atoms with Crippen molar-refractivity contribution in [3.05, 3.63) is 59.7 Å². The lowest BCUT2D eigenvalue weighted by Gasteiger charge is -2.23. The molecule has 0 saturated heterocycles. The summed E-state index contributed by atoms with van der Waals surface area (Å²) in [6.07, 6.45) is 0.392. The molecule has 0 aliphatic rings. The van der Waals surface area contributed by atoms with Gasteiger partial charge in [0.25, 0.3) is 0 Å². The molecular formula is C19H22N2O3. The Bertz CT molecular complexity index is 711. The highest BCUT2D eigenvalue weighted by Crippen LogP contribution is 2.21. The number of rotatable bonds is 7. The highest BCUT2D eigenvalue weighted by Gasteiger charge is 2.17. The Morgan fingerprint density at radius 1 is 1.08 bits per heavy atom. The number of anilines is 1. The molecule has 5 nitrogen and oxygen atoms in total. The van der Waals surface area contributed by atoms with Crippen LogP contribution in [0.3, 0.4) is 0 Å². The second-order valence-electron chi connectivity index (χ2n) is 5.56. The molecule has 0 aliphatic heterocycles. The van der Waals surface area contributed by atoms with Gasteiger partial charge in [-0.25, -0.2) is 0 Å². The maximum atomic E-state index is 12.8. The molecule has 2 aromatic carbocycles. The number of nitrogens with zero attached hydrogens (tertiary/aromatic N) is 1. The van der Waals surface area contributed by atoms with Crippen LogP contribution >= 0.6 is 0 Å². The molecule has 0 aromatic heterocycles. The van der Waals surface area contributed by atoms with Crippen molar-refractivity contribution in [2.75, 3.05) is 18.6 Å². The van der Waals surface area contributed by atoms with Gasteiger partial charge >= 0.3 is 0 Å². The predicted molar refractivity (Wildman–Crippen MR) is 94.0 cm³/mol. The fraction of sp³-hybridized carbons (Fsp3) is 0.263. The number of hydrogen-bond donors (Lipinski definition) is 1. The van der Waals surface area contributed by atoms with Gasteiger partial charge in [-0.05, 0) is 42.3 Å². The SMILES string of the molecule is COc1ccc(N(CCC(N)=O)C(=O)Cc2ccccc2C)cc1. The van der Waals surface area contributed by atoms with Crippen LogP contribution in [0.15, 0.2) is 48.5 Å².